The number of rotatable bonds is 4. The van der Waals surface area contributed by atoms with Gasteiger partial charge in [0.25, 0.3) is 5.91 Å². The number of amides is 2. The molecule has 0 saturated heterocycles. The second-order valence-electron chi connectivity index (χ2n) is 3.45. The number of benzene rings is 1. The fraction of sp³-hybridized carbons (Fsp3) is 0.100. The molecule has 0 radical (unpaired) electrons. The molecule has 0 aliphatic rings. The van der Waals surface area contributed by atoms with Gasteiger partial charge in [0.05, 0.1) is 6.54 Å². The predicted octanol–water partition coefficient (Wildman–Crippen LogP) is -0.771. The Morgan fingerprint density at radius 2 is 1.89 bits per heavy atom. The number of carbonyl (C=O) groups excluding carboxylic acids is 2. The third kappa shape index (κ3) is 2.67. The minimum Gasteiger partial charge on any atom is -0.366 e. The van der Waals surface area contributed by atoms with E-state index in [1.807, 2.05) is 0 Å². The summed E-state index contributed by atoms with van der Waals surface area (Å²) < 4.78 is 0. The van der Waals surface area contributed by atoms with E-state index in [0.717, 1.165) is 0 Å². The fourth-order valence-corrected chi connectivity index (χ4v) is 1.30. The Morgan fingerprint density at radius 1 is 1.22 bits per heavy atom. The first-order chi connectivity index (χ1) is 8.66. The van der Waals surface area contributed by atoms with Crippen LogP contribution in [0.15, 0.2) is 24.3 Å². The minimum atomic E-state index is -0.534. The van der Waals surface area contributed by atoms with Crippen LogP contribution in [0, 0.1) is 0 Å². The number of nitrogens with two attached hydrogens (primary N) is 1. The summed E-state index contributed by atoms with van der Waals surface area (Å²) in [5.74, 6) is -0.443. The molecule has 8 heteroatoms. The summed E-state index contributed by atoms with van der Waals surface area (Å²) in [6, 6.07) is 6.02. The van der Waals surface area contributed by atoms with E-state index in [1.165, 1.54) is 24.3 Å². The molecule has 92 valence electrons. The fourth-order valence-electron chi connectivity index (χ4n) is 1.30. The predicted molar refractivity (Wildman–Crippen MR) is 60.3 cm³/mol. The van der Waals surface area contributed by atoms with Crippen molar-refractivity contribution < 1.29 is 9.59 Å². The molecule has 4 N–H and O–H groups in total. The molecule has 8 nitrogen and oxygen atoms in total. The van der Waals surface area contributed by atoms with Gasteiger partial charge in [-0.3, -0.25) is 9.59 Å². The average Bonchev–Trinajstić information content (AvgIpc) is 2.89. The third-order valence-corrected chi connectivity index (χ3v) is 2.23. The van der Waals surface area contributed by atoms with Crippen LogP contribution < -0.4 is 11.1 Å². The lowest BCUT2D eigenvalue weighted by atomic mass is 10.1. The molecule has 0 saturated carbocycles. The topological polar surface area (TPSA) is 127 Å². The van der Waals surface area contributed by atoms with Gasteiger partial charge in [-0.1, -0.05) is 5.21 Å². The molecule has 0 unspecified atom stereocenters. The minimum absolute atomic E-state index is 0.174. The molecule has 2 aromatic rings. The maximum absolute atomic E-state index is 11.7. The number of tetrazole rings is 1. The van der Waals surface area contributed by atoms with Crippen LogP contribution in [0.4, 0.5) is 0 Å². The lowest BCUT2D eigenvalue weighted by Gasteiger charge is -2.03. The molecule has 0 bridgehead atoms. The van der Waals surface area contributed by atoms with E-state index in [4.69, 9.17) is 5.73 Å². The molecule has 1 aromatic heterocycles. The zero-order chi connectivity index (χ0) is 13.0. The highest BCUT2D eigenvalue weighted by Crippen LogP contribution is 2.03. The van der Waals surface area contributed by atoms with Crippen LogP contribution in [-0.4, -0.2) is 32.4 Å². The largest absolute Gasteiger partial charge is 0.366 e. The van der Waals surface area contributed by atoms with Crippen molar-refractivity contribution in [3.8, 4) is 0 Å². The van der Waals surface area contributed by atoms with Crippen molar-refractivity contribution in [2.45, 2.75) is 6.54 Å². The SMILES string of the molecule is NC(=O)c1ccc(C(=O)NCc2nn[nH]n2)cc1. The average molecular weight is 246 g/mol. The molecule has 1 aromatic carbocycles. The van der Waals surface area contributed by atoms with Gasteiger partial charge in [-0.15, -0.1) is 10.2 Å². The molecule has 2 amide bonds. The molecule has 0 aliphatic heterocycles. The van der Waals surface area contributed by atoms with Crippen molar-refractivity contribution in [2.24, 2.45) is 5.73 Å². The standard InChI is InChI=1S/C10H10N6O2/c11-9(17)6-1-3-7(4-2-6)10(18)12-5-8-13-15-16-14-8/h1-4H,5H2,(H2,11,17)(H,12,18)(H,13,14,15,16). The summed E-state index contributed by atoms with van der Waals surface area (Å²) in [6.45, 7) is 0.174. The molecular weight excluding hydrogens is 236 g/mol. The van der Waals surface area contributed by atoms with Crippen molar-refractivity contribution in [1.82, 2.24) is 25.9 Å². The van der Waals surface area contributed by atoms with Crippen LogP contribution >= 0.6 is 0 Å². The van der Waals surface area contributed by atoms with Crippen molar-refractivity contribution in [1.29, 1.82) is 0 Å². The number of aromatic nitrogens is 4. The Hall–Kier alpha value is -2.77. The van der Waals surface area contributed by atoms with Gasteiger partial charge in [0.15, 0.2) is 5.82 Å². The number of nitrogens with one attached hydrogen (secondary N) is 2. The van der Waals surface area contributed by atoms with E-state index in [2.05, 4.69) is 25.9 Å². The normalized spacial score (nSPS) is 10.0. The van der Waals surface area contributed by atoms with E-state index < -0.39 is 5.91 Å². The molecule has 2 rings (SSSR count). The second kappa shape index (κ2) is 5.04. The van der Waals surface area contributed by atoms with Crippen molar-refractivity contribution in [2.75, 3.05) is 0 Å². The van der Waals surface area contributed by atoms with Gasteiger partial charge >= 0.3 is 0 Å². The lowest BCUT2D eigenvalue weighted by molar-refractivity contribution is 0.0947. The summed E-state index contributed by atoms with van der Waals surface area (Å²) in [5.41, 5.74) is 5.87. The number of aromatic amines is 1. The molecule has 0 atom stereocenters. The number of carbonyl (C=O) groups is 2. The number of H-pyrrole nitrogens is 1. The number of primary amides is 1. The second-order valence-corrected chi connectivity index (χ2v) is 3.45. The lowest BCUT2D eigenvalue weighted by Crippen LogP contribution is -2.23. The van der Waals surface area contributed by atoms with E-state index >= 15 is 0 Å². The Labute approximate surface area is 102 Å². The van der Waals surface area contributed by atoms with Gasteiger partial charge in [-0.25, -0.2) is 0 Å². The Bertz CT molecular complexity index is 548. The van der Waals surface area contributed by atoms with Gasteiger partial charge in [-0.05, 0) is 24.3 Å². The number of hydrogen-bond acceptors (Lipinski definition) is 5. The molecule has 1 heterocycles. The third-order valence-electron chi connectivity index (χ3n) is 2.23. The van der Waals surface area contributed by atoms with Gasteiger partial charge in [-0.2, -0.15) is 5.21 Å². The molecular formula is C10H10N6O2. The van der Waals surface area contributed by atoms with E-state index in [-0.39, 0.29) is 12.5 Å². The van der Waals surface area contributed by atoms with Gasteiger partial charge in [0.2, 0.25) is 5.91 Å². The highest BCUT2D eigenvalue weighted by atomic mass is 16.2. The molecule has 18 heavy (non-hydrogen) atoms. The van der Waals surface area contributed by atoms with Crippen molar-refractivity contribution in [3.05, 3.63) is 41.2 Å². The van der Waals surface area contributed by atoms with Gasteiger partial charge in [0.1, 0.15) is 0 Å². The van der Waals surface area contributed by atoms with Crippen LogP contribution in [0.25, 0.3) is 0 Å². The summed E-state index contributed by atoms with van der Waals surface area (Å²) in [5, 5.41) is 15.6. The van der Waals surface area contributed by atoms with Crippen LogP contribution in [0.5, 0.6) is 0 Å². The molecule has 0 fully saturated rings. The summed E-state index contributed by atoms with van der Waals surface area (Å²) >= 11 is 0. The first-order valence-electron chi connectivity index (χ1n) is 5.07. The van der Waals surface area contributed by atoms with Gasteiger partial charge < -0.3 is 11.1 Å². The van der Waals surface area contributed by atoms with E-state index in [9.17, 15) is 9.59 Å². The van der Waals surface area contributed by atoms with Crippen LogP contribution in [0.1, 0.15) is 26.5 Å². The summed E-state index contributed by atoms with van der Waals surface area (Å²) in [7, 11) is 0. The maximum Gasteiger partial charge on any atom is 0.251 e. The Kier molecular flexibility index (Phi) is 3.28. The van der Waals surface area contributed by atoms with Crippen molar-refractivity contribution >= 4 is 11.8 Å². The highest BCUT2D eigenvalue weighted by molar-refractivity contribution is 5.97. The first-order valence-corrected chi connectivity index (χ1v) is 5.07. The Balaban J connectivity index is 1.98. The van der Waals surface area contributed by atoms with Crippen molar-refractivity contribution in [3.63, 3.8) is 0 Å². The molecule has 0 aliphatic carbocycles. The van der Waals surface area contributed by atoms with Crippen LogP contribution in [0.3, 0.4) is 0 Å². The molecule has 0 spiro atoms. The van der Waals surface area contributed by atoms with Crippen LogP contribution in [-0.2, 0) is 6.54 Å². The zero-order valence-corrected chi connectivity index (χ0v) is 9.25. The van der Waals surface area contributed by atoms with E-state index in [0.29, 0.717) is 17.0 Å². The quantitative estimate of drug-likeness (QED) is 0.652. The first kappa shape index (κ1) is 11.7. The number of nitrogens with zero attached hydrogens (tertiary/aromatic N) is 3. The maximum atomic E-state index is 11.7. The highest BCUT2D eigenvalue weighted by Gasteiger charge is 2.07. The van der Waals surface area contributed by atoms with Gasteiger partial charge in [0, 0.05) is 11.1 Å². The summed E-state index contributed by atoms with van der Waals surface area (Å²) in [6.07, 6.45) is 0. The summed E-state index contributed by atoms with van der Waals surface area (Å²) in [4.78, 5) is 22.6. The Morgan fingerprint density at radius 3 is 2.44 bits per heavy atom. The monoisotopic (exact) mass is 246 g/mol. The smallest absolute Gasteiger partial charge is 0.251 e. The van der Waals surface area contributed by atoms with Crippen LogP contribution in [0.2, 0.25) is 0 Å². The van der Waals surface area contributed by atoms with E-state index in [1.54, 1.807) is 0 Å². The number of hydrogen-bond donors (Lipinski definition) is 3. The zero-order valence-electron chi connectivity index (χ0n) is 9.25.